The van der Waals surface area contributed by atoms with Crippen molar-refractivity contribution >= 4 is 40.9 Å². The van der Waals surface area contributed by atoms with Gasteiger partial charge < -0.3 is 30.9 Å². The van der Waals surface area contributed by atoms with Crippen molar-refractivity contribution in [3.63, 3.8) is 0 Å². The van der Waals surface area contributed by atoms with E-state index in [1.807, 2.05) is 62.4 Å². The third-order valence-electron chi connectivity index (χ3n) is 7.87. The molecule has 4 aromatic rings. The Balaban J connectivity index is 1.37. The number of benzene rings is 4. The first-order chi connectivity index (χ1) is 22.2. The fourth-order valence-corrected chi connectivity index (χ4v) is 5.44. The first-order valence-corrected chi connectivity index (χ1v) is 15.1. The van der Waals surface area contributed by atoms with Crippen LogP contribution >= 0.6 is 0 Å². The predicted molar refractivity (Wildman–Crippen MR) is 178 cm³/mol. The molecular weight excluding hydrogens is 582 g/mol. The summed E-state index contributed by atoms with van der Waals surface area (Å²) < 4.78 is 0. The van der Waals surface area contributed by atoms with Crippen LogP contribution < -0.4 is 20.9 Å². The number of nitrogens with zero attached hydrogens (tertiary/aromatic N) is 2. The summed E-state index contributed by atoms with van der Waals surface area (Å²) in [5.41, 5.74) is 5.30. The second-order valence-corrected chi connectivity index (χ2v) is 11.4. The van der Waals surface area contributed by atoms with Crippen molar-refractivity contribution in [1.82, 2.24) is 10.2 Å². The van der Waals surface area contributed by atoms with E-state index in [4.69, 9.17) is 0 Å². The van der Waals surface area contributed by atoms with Gasteiger partial charge in [0.05, 0.1) is 23.8 Å². The number of urea groups is 1. The zero-order chi connectivity index (χ0) is 32.6. The van der Waals surface area contributed by atoms with Crippen molar-refractivity contribution in [1.29, 1.82) is 0 Å². The van der Waals surface area contributed by atoms with Crippen LogP contribution in [0, 0.1) is 13.8 Å². The van der Waals surface area contributed by atoms with Gasteiger partial charge in [-0.3, -0.25) is 14.4 Å². The molecular formula is C36H37N5O5. The number of hydrogen-bond acceptors (Lipinski definition) is 5. The van der Waals surface area contributed by atoms with Crippen molar-refractivity contribution < 1.29 is 24.3 Å². The molecule has 10 heteroatoms. The normalized spacial score (nSPS) is 13.4. The minimum atomic E-state index is -1.04. The number of hydrogen-bond donors (Lipinski definition) is 4. The molecule has 4 aromatic carbocycles. The molecule has 4 N–H and O–H groups in total. The average Bonchev–Trinajstić information content (AvgIpc) is 3.04. The van der Waals surface area contributed by atoms with Crippen molar-refractivity contribution in [2.24, 2.45) is 0 Å². The highest BCUT2D eigenvalue weighted by Crippen LogP contribution is 2.30. The molecule has 1 aliphatic heterocycles. The van der Waals surface area contributed by atoms with Crippen molar-refractivity contribution in [3.8, 4) is 0 Å². The summed E-state index contributed by atoms with van der Waals surface area (Å²) in [5, 5.41) is 18.1. The first kappa shape index (κ1) is 31.8. The summed E-state index contributed by atoms with van der Waals surface area (Å²) in [6, 6.07) is 27.7. The molecule has 236 valence electrons. The van der Waals surface area contributed by atoms with Crippen LogP contribution in [0.3, 0.4) is 0 Å². The highest BCUT2D eigenvalue weighted by Gasteiger charge is 2.25. The van der Waals surface area contributed by atoms with Crippen molar-refractivity contribution in [3.05, 3.63) is 125 Å². The molecule has 1 atom stereocenters. The summed E-state index contributed by atoms with van der Waals surface area (Å²) in [7, 11) is 0. The Kier molecular flexibility index (Phi) is 9.97. The molecule has 0 aromatic heterocycles. The van der Waals surface area contributed by atoms with Gasteiger partial charge in [0, 0.05) is 43.0 Å². The van der Waals surface area contributed by atoms with Crippen LogP contribution in [0.2, 0.25) is 0 Å². The first-order valence-electron chi connectivity index (χ1n) is 15.1. The Bertz CT molecular complexity index is 1720. The van der Waals surface area contributed by atoms with Crippen LogP contribution in [0.25, 0.3) is 0 Å². The number of carbonyl (C=O) groups is 4. The minimum Gasteiger partial charge on any atom is -0.481 e. The number of rotatable bonds is 9. The lowest BCUT2D eigenvalue weighted by Crippen LogP contribution is -2.49. The maximum Gasteiger partial charge on any atom is 0.323 e. The molecule has 1 heterocycles. The van der Waals surface area contributed by atoms with E-state index < -0.39 is 23.9 Å². The predicted octanol–water partition coefficient (Wildman–Crippen LogP) is 5.86. The monoisotopic (exact) mass is 619 g/mol. The number of carboxylic acids is 1. The van der Waals surface area contributed by atoms with Gasteiger partial charge in [-0.05, 0) is 67.4 Å². The number of anilines is 3. The third-order valence-corrected chi connectivity index (χ3v) is 7.87. The number of piperazine rings is 1. The zero-order valence-electron chi connectivity index (χ0n) is 25.8. The summed E-state index contributed by atoms with van der Waals surface area (Å²) >= 11 is 0. The molecule has 10 nitrogen and oxygen atoms in total. The van der Waals surface area contributed by atoms with Gasteiger partial charge in [-0.1, -0.05) is 60.2 Å². The van der Waals surface area contributed by atoms with Gasteiger partial charge in [0.2, 0.25) is 0 Å². The minimum absolute atomic E-state index is 0.0346. The van der Waals surface area contributed by atoms with E-state index in [-0.39, 0.29) is 17.9 Å². The van der Waals surface area contributed by atoms with Gasteiger partial charge in [-0.2, -0.15) is 0 Å². The Labute approximate surface area is 268 Å². The summed E-state index contributed by atoms with van der Waals surface area (Å²) in [4.78, 5) is 55.2. The van der Waals surface area contributed by atoms with Crippen molar-refractivity contribution in [2.75, 3.05) is 41.7 Å². The highest BCUT2D eigenvalue weighted by molar-refractivity contribution is 6.04. The number of aryl methyl sites for hydroxylation is 2. The molecule has 0 saturated carbocycles. The SMILES string of the molecule is Cc1ccc(C(CC(=O)O)NC(=O)c2ccc(N3CCN(C(=O)c4ccccc4)CC3)c(NC(=O)Nc3cccc(C)c3)c2)cc1. The number of nitrogens with one attached hydrogen (secondary N) is 3. The quantitative estimate of drug-likeness (QED) is 0.186. The van der Waals surface area contributed by atoms with Crippen LogP contribution in [0.1, 0.15) is 49.9 Å². The smallest absolute Gasteiger partial charge is 0.323 e. The van der Waals surface area contributed by atoms with E-state index in [0.29, 0.717) is 54.4 Å². The van der Waals surface area contributed by atoms with E-state index in [2.05, 4.69) is 20.9 Å². The Morgan fingerprint density at radius 3 is 2.13 bits per heavy atom. The summed E-state index contributed by atoms with van der Waals surface area (Å²) in [5.74, 6) is -1.55. The lowest BCUT2D eigenvalue weighted by molar-refractivity contribution is -0.137. The molecule has 5 rings (SSSR count). The molecule has 1 fully saturated rings. The lowest BCUT2D eigenvalue weighted by atomic mass is 10.0. The fraction of sp³-hybridized carbons (Fsp3) is 0.222. The molecule has 1 aliphatic rings. The van der Waals surface area contributed by atoms with E-state index in [1.165, 1.54) is 0 Å². The highest BCUT2D eigenvalue weighted by atomic mass is 16.4. The molecule has 0 radical (unpaired) electrons. The zero-order valence-corrected chi connectivity index (χ0v) is 25.8. The molecule has 1 unspecified atom stereocenters. The van der Waals surface area contributed by atoms with E-state index in [9.17, 15) is 24.3 Å². The maximum atomic E-state index is 13.5. The maximum absolute atomic E-state index is 13.5. The number of amides is 4. The Hall–Kier alpha value is -5.64. The molecule has 46 heavy (non-hydrogen) atoms. The number of carbonyl (C=O) groups excluding carboxylic acids is 3. The van der Waals surface area contributed by atoms with Gasteiger partial charge in [-0.15, -0.1) is 0 Å². The Morgan fingerprint density at radius 2 is 1.46 bits per heavy atom. The van der Waals surface area contributed by atoms with Crippen LogP contribution in [0.15, 0.2) is 97.1 Å². The topological polar surface area (TPSA) is 131 Å². The summed E-state index contributed by atoms with van der Waals surface area (Å²) in [6.07, 6.45) is -0.289. The summed E-state index contributed by atoms with van der Waals surface area (Å²) in [6.45, 7) is 5.87. The largest absolute Gasteiger partial charge is 0.481 e. The molecule has 4 amide bonds. The van der Waals surface area contributed by atoms with Crippen LogP contribution in [-0.2, 0) is 4.79 Å². The number of carboxylic acid groups (broad SMARTS) is 1. The van der Waals surface area contributed by atoms with E-state index in [1.54, 1.807) is 53.4 Å². The van der Waals surface area contributed by atoms with Crippen LogP contribution in [0.5, 0.6) is 0 Å². The second-order valence-electron chi connectivity index (χ2n) is 11.4. The molecule has 1 saturated heterocycles. The van der Waals surface area contributed by atoms with Gasteiger partial charge >= 0.3 is 12.0 Å². The third kappa shape index (κ3) is 8.09. The van der Waals surface area contributed by atoms with E-state index >= 15 is 0 Å². The van der Waals surface area contributed by atoms with Gasteiger partial charge in [0.25, 0.3) is 11.8 Å². The lowest BCUT2D eigenvalue weighted by Gasteiger charge is -2.37. The van der Waals surface area contributed by atoms with Gasteiger partial charge in [0.15, 0.2) is 0 Å². The van der Waals surface area contributed by atoms with Crippen molar-refractivity contribution in [2.45, 2.75) is 26.3 Å². The van der Waals surface area contributed by atoms with Gasteiger partial charge in [0.1, 0.15) is 0 Å². The standard InChI is InChI=1S/C36H37N5O5/c1-24-11-13-26(14-12-24)30(23-33(42)43)38-34(44)28-15-16-32(31(22-28)39-36(46)37-29-10-6-7-25(2)21-29)40-17-19-41(20-18-40)35(45)27-8-4-3-5-9-27/h3-16,21-22,30H,17-20,23H2,1-2H3,(H,38,44)(H,42,43)(H2,37,39,46). The van der Waals surface area contributed by atoms with E-state index in [0.717, 1.165) is 11.1 Å². The molecule has 0 aliphatic carbocycles. The average molecular weight is 620 g/mol. The van der Waals surface area contributed by atoms with Crippen LogP contribution in [0.4, 0.5) is 21.9 Å². The number of aliphatic carboxylic acids is 1. The Morgan fingerprint density at radius 1 is 0.739 bits per heavy atom. The van der Waals surface area contributed by atoms with Gasteiger partial charge in [-0.25, -0.2) is 4.79 Å². The molecule has 0 spiro atoms. The van der Waals surface area contributed by atoms with Crippen LogP contribution in [-0.4, -0.2) is 60.0 Å². The fourth-order valence-electron chi connectivity index (χ4n) is 5.44. The second kappa shape index (κ2) is 14.4. The molecule has 0 bridgehead atoms.